The molecule has 118 valence electrons. The standard InChI is InChI=1S/C18H21Cl2NO/c1-3-21(2)12-14(16-6-4-5-7-17(16)20)10-13-11-15(19)8-9-18(13)22/h4-9,11,14,22H,3,10,12H2,1-2H3/t14-/m0/s1. The smallest absolute Gasteiger partial charge is 0.118 e. The molecule has 0 aliphatic rings. The third-order valence-electron chi connectivity index (χ3n) is 3.92. The Morgan fingerprint density at radius 1 is 1.14 bits per heavy atom. The normalized spacial score (nSPS) is 12.6. The van der Waals surface area contributed by atoms with Crippen LogP contribution in [-0.2, 0) is 6.42 Å². The van der Waals surface area contributed by atoms with Crippen LogP contribution in [0.4, 0.5) is 0 Å². The van der Waals surface area contributed by atoms with E-state index in [1.807, 2.05) is 24.3 Å². The zero-order valence-electron chi connectivity index (χ0n) is 12.9. The first-order valence-electron chi connectivity index (χ1n) is 7.41. The van der Waals surface area contributed by atoms with Gasteiger partial charge >= 0.3 is 0 Å². The summed E-state index contributed by atoms with van der Waals surface area (Å²) in [6, 6.07) is 13.1. The molecule has 2 aromatic carbocycles. The Morgan fingerprint density at radius 2 is 1.86 bits per heavy atom. The van der Waals surface area contributed by atoms with E-state index in [9.17, 15) is 5.11 Å². The molecule has 0 saturated carbocycles. The zero-order chi connectivity index (χ0) is 16.1. The highest BCUT2D eigenvalue weighted by Crippen LogP contribution is 2.32. The van der Waals surface area contributed by atoms with Crippen LogP contribution in [0, 0.1) is 0 Å². The van der Waals surface area contributed by atoms with Gasteiger partial charge in [-0.1, -0.05) is 48.3 Å². The molecule has 1 N–H and O–H groups in total. The van der Waals surface area contributed by atoms with Gasteiger partial charge in [-0.3, -0.25) is 0 Å². The maximum atomic E-state index is 10.1. The minimum Gasteiger partial charge on any atom is -0.508 e. The molecule has 0 aliphatic heterocycles. The highest BCUT2D eigenvalue weighted by molar-refractivity contribution is 6.31. The lowest BCUT2D eigenvalue weighted by molar-refractivity contribution is 0.324. The first-order valence-corrected chi connectivity index (χ1v) is 8.17. The lowest BCUT2D eigenvalue weighted by atomic mass is 9.91. The molecule has 2 aromatic rings. The summed E-state index contributed by atoms with van der Waals surface area (Å²) in [4.78, 5) is 2.25. The minimum absolute atomic E-state index is 0.197. The van der Waals surface area contributed by atoms with E-state index in [-0.39, 0.29) is 11.7 Å². The second kappa shape index (κ2) is 7.87. The van der Waals surface area contributed by atoms with Gasteiger partial charge in [0, 0.05) is 22.5 Å². The number of benzene rings is 2. The first-order chi connectivity index (χ1) is 10.5. The lowest BCUT2D eigenvalue weighted by Crippen LogP contribution is -2.25. The molecule has 0 radical (unpaired) electrons. The number of phenolic OH excluding ortho intramolecular Hbond substituents is 1. The summed E-state index contributed by atoms with van der Waals surface area (Å²) in [5, 5.41) is 11.5. The van der Waals surface area contributed by atoms with Gasteiger partial charge in [-0.2, -0.15) is 0 Å². The highest BCUT2D eigenvalue weighted by Gasteiger charge is 2.18. The van der Waals surface area contributed by atoms with E-state index < -0.39 is 0 Å². The molecule has 0 unspecified atom stereocenters. The van der Waals surface area contributed by atoms with Crippen molar-refractivity contribution in [3.8, 4) is 5.75 Å². The summed E-state index contributed by atoms with van der Waals surface area (Å²) in [7, 11) is 2.08. The van der Waals surface area contributed by atoms with Crippen molar-refractivity contribution in [3.05, 3.63) is 63.6 Å². The SMILES string of the molecule is CCN(C)C[C@H](Cc1cc(Cl)ccc1O)c1ccccc1Cl. The van der Waals surface area contributed by atoms with Gasteiger partial charge in [-0.25, -0.2) is 0 Å². The number of hydrogen-bond donors (Lipinski definition) is 1. The Balaban J connectivity index is 2.32. The minimum atomic E-state index is 0.197. The molecular weight excluding hydrogens is 317 g/mol. The van der Waals surface area contributed by atoms with Gasteiger partial charge in [0.05, 0.1) is 0 Å². The van der Waals surface area contributed by atoms with Crippen molar-refractivity contribution in [3.63, 3.8) is 0 Å². The van der Waals surface area contributed by atoms with Crippen molar-refractivity contribution in [1.82, 2.24) is 4.90 Å². The van der Waals surface area contributed by atoms with Crippen molar-refractivity contribution >= 4 is 23.2 Å². The van der Waals surface area contributed by atoms with Crippen LogP contribution >= 0.6 is 23.2 Å². The Hall–Kier alpha value is -1.22. The molecule has 2 rings (SSSR count). The number of rotatable bonds is 6. The van der Waals surface area contributed by atoms with E-state index in [0.717, 1.165) is 29.2 Å². The van der Waals surface area contributed by atoms with Crippen molar-refractivity contribution < 1.29 is 5.11 Å². The van der Waals surface area contributed by atoms with Crippen molar-refractivity contribution in [2.24, 2.45) is 0 Å². The predicted molar refractivity (Wildman–Crippen MR) is 94.2 cm³/mol. The average molecular weight is 338 g/mol. The van der Waals surface area contributed by atoms with E-state index in [0.29, 0.717) is 11.4 Å². The lowest BCUT2D eigenvalue weighted by Gasteiger charge is -2.24. The molecule has 0 saturated heterocycles. The Bertz CT molecular complexity index is 630. The highest BCUT2D eigenvalue weighted by atomic mass is 35.5. The third kappa shape index (κ3) is 4.39. The Kier molecular flexibility index (Phi) is 6.13. The molecule has 0 bridgehead atoms. The number of aromatic hydroxyl groups is 1. The van der Waals surface area contributed by atoms with Crippen molar-refractivity contribution in [2.45, 2.75) is 19.3 Å². The molecule has 1 atom stereocenters. The maximum Gasteiger partial charge on any atom is 0.118 e. The predicted octanol–water partition coefficient (Wildman–Crippen LogP) is 4.98. The van der Waals surface area contributed by atoms with Crippen LogP contribution in [0.3, 0.4) is 0 Å². The van der Waals surface area contributed by atoms with E-state index in [1.54, 1.807) is 12.1 Å². The van der Waals surface area contributed by atoms with Gasteiger partial charge in [-0.15, -0.1) is 0 Å². The van der Waals surface area contributed by atoms with Crippen LogP contribution in [0.1, 0.15) is 24.0 Å². The molecule has 0 heterocycles. The second-order valence-electron chi connectivity index (χ2n) is 5.55. The van der Waals surface area contributed by atoms with Gasteiger partial charge in [0.1, 0.15) is 5.75 Å². The van der Waals surface area contributed by atoms with Crippen LogP contribution < -0.4 is 0 Å². The average Bonchev–Trinajstić information content (AvgIpc) is 2.50. The van der Waals surface area contributed by atoms with Gasteiger partial charge in [0.25, 0.3) is 0 Å². The van der Waals surface area contributed by atoms with E-state index in [1.165, 1.54) is 0 Å². The van der Waals surface area contributed by atoms with Gasteiger partial charge in [-0.05, 0) is 55.4 Å². The van der Waals surface area contributed by atoms with Crippen LogP contribution in [0.25, 0.3) is 0 Å². The van der Waals surface area contributed by atoms with Crippen LogP contribution in [0.5, 0.6) is 5.75 Å². The molecular formula is C18H21Cl2NO. The fraction of sp³-hybridized carbons (Fsp3) is 0.333. The molecule has 0 aromatic heterocycles. The van der Waals surface area contributed by atoms with Crippen molar-refractivity contribution in [2.75, 3.05) is 20.1 Å². The molecule has 22 heavy (non-hydrogen) atoms. The van der Waals surface area contributed by atoms with Gasteiger partial charge in [0.2, 0.25) is 0 Å². The van der Waals surface area contributed by atoms with Crippen LogP contribution in [0.15, 0.2) is 42.5 Å². The summed E-state index contributed by atoms with van der Waals surface area (Å²) in [6.45, 7) is 3.95. The third-order valence-corrected chi connectivity index (χ3v) is 4.50. The zero-order valence-corrected chi connectivity index (χ0v) is 14.4. The monoisotopic (exact) mass is 337 g/mol. The molecule has 0 spiro atoms. The van der Waals surface area contributed by atoms with Gasteiger partial charge in [0.15, 0.2) is 0 Å². The number of phenols is 1. The number of likely N-dealkylation sites (N-methyl/N-ethyl adjacent to an activating group) is 1. The van der Waals surface area contributed by atoms with E-state index in [4.69, 9.17) is 23.2 Å². The van der Waals surface area contributed by atoms with Crippen molar-refractivity contribution in [1.29, 1.82) is 0 Å². The molecule has 2 nitrogen and oxygen atoms in total. The summed E-state index contributed by atoms with van der Waals surface area (Å²) in [6.07, 6.45) is 0.695. The van der Waals surface area contributed by atoms with Crippen LogP contribution in [-0.4, -0.2) is 30.1 Å². The van der Waals surface area contributed by atoms with Gasteiger partial charge < -0.3 is 10.0 Å². The fourth-order valence-electron chi connectivity index (χ4n) is 2.57. The number of nitrogens with zero attached hydrogens (tertiary/aromatic N) is 1. The summed E-state index contributed by atoms with van der Waals surface area (Å²) in [5.41, 5.74) is 1.95. The van der Waals surface area contributed by atoms with E-state index in [2.05, 4.69) is 24.9 Å². The maximum absolute atomic E-state index is 10.1. The molecule has 0 aliphatic carbocycles. The quantitative estimate of drug-likeness (QED) is 0.803. The first kappa shape index (κ1) is 17.1. The number of hydrogen-bond acceptors (Lipinski definition) is 2. The Labute approximate surface area is 142 Å². The molecule has 0 fully saturated rings. The summed E-state index contributed by atoms with van der Waals surface area (Å²) >= 11 is 12.4. The second-order valence-corrected chi connectivity index (χ2v) is 6.39. The fourth-order valence-corrected chi connectivity index (χ4v) is 3.05. The summed E-state index contributed by atoms with van der Waals surface area (Å²) < 4.78 is 0. The largest absolute Gasteiger partial charge is 0.508 e. The van der Waals surface area contributed by atoms with E-state index >= 15 is 0 Å². The number of halogens is 2. The van der Waals surface area contributed by atoms with Crippen LogP contribution in [0.2, 0.25) is 10.0 Å². The topological polar surface area (TPSA) is 23.5 Å². The summed E-state index contributed by atoms with van der Waals surface area (Å²) in [5.74, 6) is 0.476. The molecule has 4 heteroatoms. The Morgan fingerprint density at radius 3 is 2.55 bits per heavy atom. The molecule has 0 amide bonds.